The average molecular weight is 308 g/mol. The summed E-state index contributed by atoms with van der Waals surface area (Å²) < 4.78 is 5.52. The van der Waals surface area contributed by atoms with Crippen LogP contribution < -0.4 is 15.6 Å². The monoisotopic (exact) mass is 308 g/mol. The van der Waals surface area contributed by atoms with Gasteiger partial charge in [-0.05, 0) is 24.6 Å². The summed E-state index contributed by atoms with van der Waals surface area (Å²) in [5, 5.41) is 1.86. The van der Waals surface area contributed by atoms with Gasteiger partial charge in [-0.3, -0.25) is 15.0 Å². The van der Waals surface area contributed by atoms with Crippen molar-refractivity contribution in [2.75, 3.05) is 44.3 Å². The molecule has 0 bridgehead atoms. The molecule has 1 fully saturated rings. The van der Waals surface area contributed by atoms with Gasteiger partial charge in [-0.15, -0.1) is 0 Å². The van der Waals surface area contributed by atoms with Gasteiger partial charge in [-0.2, -0.15) is 0 Å². The molecule has 1 aromatic heterocycles. The van der Waals surface area contributed by atoms with Crippen molar-refractivity contribution in [3.8, 4) is 11.3 Å². The summed E-state index contributed by atoms with van der Waals surface area (Å²) in [4.78, 5) is 15.9. The van der Waals surface area contributed by atoms with Crippen molar-refractivity contribution in [2.24, 2.45) is 9.98 Å². The zero-order chi connectivity index (χ0) is 15.5. The molecule has 2 aliphatic heterocycles. The number of fused-ring (bicyclic) bond motifs is 1. The van der Waals surface area contributed by atoms with Crippen molar-refractivity contribution in [3.05, 3.63) is 47.2 Å². The van der Waals surface area contributed by atoms with E-state index in [-0.39, 0.29) is 0 Å². The van der Waals surface area contributed by atoms with Crippen LogP contribution in [0, 0.1) is 0 Å². The van der Waals surface area contributed by atoms with Crippen molar-refractivity contribution in [3.63, 3.8) is 0 Å². The lowest BCUT2D eigenvalue weighted by Gasteiger charge is -2.22. The van der Waals surface area contributed by atoms with E-state index in [1.54, 1.807) is 0 Å². The highest BCUT2D eigenvalue weighted by Crippen LogP contribution is 2.21. The number of nitrogens with zero attached hydrogens (tertiary/aromatic N) is 4. The summed E-state index contributed by atoms with van der Waals surface area (Å²) in [6.45, 7) is 5.21. The summed E-state index contributed by atoms with van der Waals surface area (Å²) in [6, 6.07) is 10.6. The van der Waals surface area contributed by atoms with Gasteiger partial charge >= 0.3 is 0 Å². The molecule has 0 aliphatic carbocycles. The van der Waals surface area contributed by atoms with E-state index in [0.29, 0.717) is 0 Å². The Balaban J connectivity index is 1.61. The summed E-state index contributed by atoms with van der Waals surface area (Å²) in [5.41, 5.74) is 3.32. The Morgan fingerprint density at radius 2 is 1.74 bits per heavy atom. The molecule has 0 N–H and O–H groups in total. The molecule has 1 saturated heterocycles. The molecule has 23 heavy (non-hydrogen) atoms. The lowest BCUT2D eigenvalue weighted by Crippen LogP contribution is -2.30. The topological polar surface area (TPSA) is 50.1 Å². The molecule has 2 aliphatic rings. The first-order valence-corrected chi connectivity index (χ1v) is 8.18. The second-order valence-electron chi connectivity index (χ2n) is 5.82. The van der Waals surface area contributed by atoms with Crippen LogP contribution in [0.5, 0.6) is 0 Å². The molecular formula is C18H20N4O. The molecule has 5 heteroatoms. The zero-order valence-corrected chi connectivity index (χ0v) is 13.1. The van der Waals surface area contributed by atoms with Gasteiger partial charge in [0.15, 0.2) is 0 Å². The Hall–Kier alpha value is -2.27. The predicted molar refractivity (Wildman–Crippen MR) is 89.4 cm³/mol. The van der Waals surface area contributed by atoms with Crippen LogP contribution in [0.3, 0.4) is 0 Å². The van der Waals surface area contributed by atoms with Crippen molar-refractivity contribution in [1.82, 2.24) is 4.98 Å². The van der Waals surface area contributed by atoms with E-state index in [4.69, 9.17) is 4.74 Å². The predicted octanol–water partition coefficient (Wildman–Crippen LogP) is 1.23. The molecule has 0 amide bonds. The summed E-state index contributed by atoms with van der Waals surface area (Å²) >= 11 is 0. The highest BCUT2D eigenvalue weighted by Gasteiger charge is 2.10. The molecule has 3 heterocycles. The maximum Gasteiger partial charge on any atom is 0.101 e. The van der Waals surface area contributed by atoms with E-state index in [1.165, 1.54) is 5.69 Å². The quantitative estimate of drug-likeness (QED) is 0.838. The number of hydrogen-bond acceptors (Lipinski definition) is 5. The first-order chi connectivity index (χ1) is 11.4. The Labute approximate surface area is 135 Å². The van der Waals surface area contributed by atoms with Crippen molar-refractivity contribution < 1.29 is 4.74 Å². The third-order valence-electron chi connectivity index (χ3n) is 4.28. The molecule has 0 spiro atoms. The van der Waals surface area contributed by atoms with E-state index in [1.807, 2.05) is 12.3 Å². The minimum absolute atomic E-state index is 0.766. The van der Waals surface area contributed by atoms with Crippen LogP contribution in [-0.2, 0) is 4.74 Å². The van der Waals surface area contributed by atoms with Crippen molar-refractivity contribution >= 4 is 5.69 Å². The van der Waals surface area contributed by atoms with Crippen LogP contribution >= 0.6 is 0 Å². The maximum absolute atomic E-state index is 5.52. The number of pyridine rings is 1. The largest absolute Gasteiger partial charge is 0.380 e. The normalized spacial score (nSPS) is 17.7. The fourth-order valence-corrected chi connectivity index (χ4v) is 3.03. The fourth-order valence-electron chi connectivity index (χ4n) is 3.03. The van der Waals surface area contributed by atoms with Crippen LogP contribution in [-0.4, -0.2) is 44.4 Å². The minimum atomic E-state index is 0.766. The minimum Gasteiger partial charge on any atom is -0.380 e. The molecule has 4 rings (SSSR count). The second-order valence-corrected chi connectivity index (χ2v) is 5.82. The standard InChI is InChI=1S/C18H20N4O/c1-8-22(9-11-23-10-1)15-4-2-14(3-5-15)16-12-17-18(13-21-16)20-7-6-19-17/h2-5,12-13H,1,6-11H2. The number of benzene rings is 1. The van der Waals surface area contributed by atoms with Gasteiger partial charge in [0, 0.05) is 30.9 Å². The van der Waals surface area contributed by atoms with Crippen LogP contribution in [0.25, 0.3) is 11.3 Å². The number of aromatic nitrogens is 1. The summed E-state index contributed by atoms with van der Waals surface area (Å²) in [7, 11) is 0. The molecule has 5 nitrogen and oxygen atoms in total. The smallest absolute Gasteiger partial charge is 0.101 e. The van der Waals surface area contributed by atoms with Crippen LogP contribution in [0.15, 0.2) is 46.5 Å². The van der Waals surface area contributed by atoms with E-state index >= 15 is 0 Å². The van der Waals surface area contributed by atoms with E-state index in [2.05, 4.69) is 44.1 Å². The van der Waals surface area contributed by atoms with E-state index in [0.717, 1.165) is 67.8 Å². The second kappa shape index (κ2) is 6.46. The lowest BCUT2D eigenvalue weighted by atomic mass is 10.1. The number of rotatable bonds is 2. The SMILES string of the molecule is c1cc(N2CCCOCC2)ccc1-c1cc2c(cn1)=NCCN=2. The third-order valence-corrected chi connectivity index (χ3v) is 4.28. The summed E-state index contributed by atoms with van der Waals surface area (Å²) in [6.07, 6.45) is 2.91. The average Bonchev–Trinajstić information content (AvgIpc) is 2.91. The molecule has 0 atom stereocenters. The number of anilines is 1. The fraction of sp³-hybridized carbons (Fsp3) is 0.389. The van der Waals surface area contributed by atoms with E-state index < -0.39 is 0 Å². The highest BCUT2D eigenvalue weighted by molar-refractivity contribution is 5.63. The molecule has 0 saturated carbocycles. The summed E-state index contributed by atoms with van der Waals surface area (Å²) in [5.74, 6) is 0. The van der Waals surface area contributed by atoms with Crippen LogP contribution in [0.4, 0.5) is 5.69 Å². The third kappa shape index (κ3) is 3.10. The van der Waals surface area contributed by atoms with Gasteiger partial charge in [0.05, 0.1) is 36.9 Å². The van der Waals surface area contributed by atoms with Gasteiger partial charge < -0.3 is 9.64 Å². The van der Waals surface area contributed by atoms with Crippen molar-refractivity contribution in [2.45, 2.75) is 6.42 Å². The van der Waals surface area contributed by atoms with Gasteiger partial charge in [-0.25, -0.2) is 0 Å². The maximum atomic E-state index is 5.52. The zero-order valence-electron chi connectivity index (χ0n) is 13.1. The molecular weight excluding hydrogens is 288 g/mol. The molecule has 2 aromatic rings. The highest BCUT2D eigenvalue weighted by atomic mass is 16.5. The number of ether oxygens (including phenoxy) is 1. The molecule has 0 radical (unpaired) electrons. The Bertz CT molecular complexity index is 793. The van der Waals surface area contributed by atoms with Crippen LogP contribution in [0.2, 0.25) is 0 Å². The first kappa shape index (κ1) is 14.3. The van der Waals surface area contributed by atoms with E-state index in [9.17, 15) is 0 Å². The van der Waals surface area contributed by atoms with Gasteiger partial charge in [0.2, 0.25) is 0 Å². The van der Waals surface area contributed by atoms with Gasteiger partial charge in [0.25, 0.3) is 0 Å². The lowest BCUT2D eigenvalue weighted by molar-refractivity contribution is 0.152. The van der Waals surface area contributed by atoms with Crippen molar-refractivity contribution in [1.29, 1.82) is 0 Å². The first-order valence-electron chi connectivity index (χ1n) is 8.18. The number of hydrogen-bond donors (Lipinski definition) is 0. The van der Waals surface area contributed by atoms with Crippen LogP contribution in [0.1, 0.15) is 6.42 Å². The molecule has 0 unspecified atom stereocenters. The Kier molecular flexibility index (Phi) is 4.03. The molecule has 118 valence electrons. The molecule has 1 aromatic carbocycles. The Morgan fingerprint density at radius 3 is 2.61 bits per heavy atom. The van der Waals surface area contributed by atoms with Gasteiger partial charge in [0.1, 0.15) is 5.36 Å². The van der Waals surface area contributed by atoms with Gasteiger partial charge in [-0.1, -0.05) is 12.1 Å². The Morgan fingerprint density at radius 1 is 0.913 bits per heavy atom.